The number of phenolic OH excluding ortho intramolecular Hbond substituents is 1. The summed E-state index contributed by atoms with van der Waals surface area (Å²) in [5.74, 6) is -0.795. The molecule has 124 valence electrons. The van der Waals surface area contributed by atoms with E-state index in [0.717, 1.165) is 36.4 Å². The number of benzene rings is 2. The lowest BCUT2D eigenvalue weighted by Crippen LogP contribution is -2.03. The van der Waals surface area contributed by atoms with Crippen molar-refractivity contribution in [2.45, 2.75) is 6.92 Å². The van der Waals surface area contributed by atoms with E-state index in [4.69, 9.17) is 0 Å². The van der Waals surface area contributed by atoms with E-state index < -0.39 is 27.0 Å². The number of anilines is 1. The summed E-state index contributed by atoms with van der Waals surface area (Å²) in [6.45, 7) is 1.46. The number of phenols is 1. The Bertz CT molecular complexity index is 853. The molecule has 0 saturated heterocycles. The number of nitro benzene ring substituents is 2. The third kappa shape index (κ3) is 3.61. The molecule has 0 heterocycles. The predicted octanol–water partition coefficient (Wildman–Crippen LogP) is 3.18. The molecular weight excluding hydrogens is 323 g/mol. The lowest BCUT2D eigenvalue weighted by molar-refractivity contribution is -0.393. The van der Waals surface area contributed by atoms with Gasteiger partial charge in [0.05, 0.1) is 21.6 Å². The molecule has 9 nitrogen and oxygen atoms in total. The Labute approximate surface area is 134 Å². The van der Waals surface area contributed by atoms with E-state index in [-0.39, 0.29) is 22.7 Å². The highest BCUT2D eigenvalue weighted by atomic mass is 19.1. The van der Waals surface area contributed by atoms with E-state index in [1.165, 1.54) is 6.92 Å². The number of hydrogen-bond donors (Lipinski definition) is 2. The van der Waals surface area contributed by atoms with Gasteiger partial charge < -0.3 is 5.11 Å². The van der Waals surface area contributed by atoms with Crippen LogP contribution in [0, 0.1) is 26.0 Å². The molecule has 10 heteroatoms. The van der Waals surface area contributed by atoms with Gasteiger partial charge in [-0.25, -0.2) is 4.39 Å². The SMILES string of the molecule is C/C(=N\Nc1ccc([N+](=O)[O-])cc1[N+](=O)[O-])c1cc(F)ccc1O. The van der Waals surface area contributed by atoms with E-state index in [1.807, 2.05) is 0 Å². The number of nitro groups is 2. The molecule has 2 aromatic rings. The van der Waals surface area contributed by atoms with Crippen molar-refractivity contribution in [3.05, 3.63) is 68.0 Å². The first-order valence-corrected chi connectivity index (χ1v) is 6.51. The van der Waals surface area contributed by atoms with Crippen LogP contribution in [0.4, 0.5) is 21.5 Å². The zero-order chi connectivity index (χ0) is 17.9. The summed E-state index contributed by atoms with van der Waals surface area (Å²) in [6, 6.07) is 6.30. The van der Waals surface area contributed by atoms with Crippen molar-refractivity contribution >= 4 is 22.8 Å². The average molecular weight is 334 g/mol. The minimum absolute atomic E-state index is 0.0826. The van der Waals surface area contributed by atoms with Gasteiger partial charge in [0.25, 0.3) is 5.69 Å². The average Bonchev–Trinajstić information content (AvgIpc) is 2.54. The maximum Gasteiger partial charge on any atom is 0.301 e. The lowest BCUT2D eigenvalue weighted by atomic mass is 10.1. The van der Waals surface area contributed by atoms with Crippen LogP contribution in [0.15, 0.2) is 41.5 Å². The molecule has 0 unspecified atom stereocenters. The zero-order valence-electron chi connectivity index (χ0n) is 12.3. The molecular formula is C14H11FN4O5. The van der Waals surface area contributed by atoms with Crippen LogP contribution in [0.25, 0.3) is 0 Å². The van der Waals surface area contributed by atoms with Crippen molar-refractivity contribution in [3.8, 4) is 5.75 Å². The molecule has 0 spiro atoms. The van der Waals surface area contributed by atoms with E-state index >= 15 is 0 Å². The summed E-state index contributed by atoms with van der Waals surface area (Å²) in [4.78, 5) is 20.1. The van der Waals surface area contributed by atoms with Crippen LogP contribution in [0.5, 0.6) is 5.75 Å². The molecule has 0 fully saturated rings. The van der Waals surface area contributed by atoms with Gasteiger partial charge in [-0.05, 0) is 31.2 Å². The van der Waals surface area contributed by atoms with Crippen LogP contribution in [-0.4, -0.2) is 20.7 Å². The number of rotatable bonds is 5. The van der Waals surface area contributed by atoms with Gasteiger partial charge in [0.2, 0.25) is 0 Å². The second-order valence-electron chi connectivity index (χ2n) is 4.69. The number of hydrogen-bond acceptors (Lipinski definition) is 7. The van der Waals surface area contributed by atoms with Crippen LogP contribution >= 0.6 is 0 Å². The Morgan fingerprint density at radius 1 is 1.17 bits per heavy atom. The van der Waals surface area contributed by atoms with Crippen LogP contribution < -0.4 is 5.43 Å². The summed E-state index contributed by atoms with van der Waals surface area (Å²) in [6.07, 6.45) is 0. The maximum atomic E-state index is 13.2. The molecule has 2 rings (SSSR count). The number of aromatic hydroxyl groups is 1. The monoisotopic (exact) mass is 334 g/mol. The normalized spacial score (nSPS) is 11.2. The third-order valence-electron chi connectivity index (χ3n) is 3.08. The van der Waals surface area contributed by atoms with Crippen LogP contribution in [-0.2, 0) is 0 Å². The summed E-state index contributed by atoms with van der Waals surface area (Å²) in [7, 11) is 0. The van der Waals surface area contributed by atoms with Gasteiger partial charge in [-0.3, -0.25) is 25.7 Å². The molecule has 0 aromatic heterocycles. The van der Waals surface area contributed by atoms with E-state index in [2.05, 4.69) is 10.5 Å². The van der Waals surface area contributed by atoms with Crippen molar-refractivity contribution in [1.29, 1.82) is 0 Å². The molecule has 0 saturated carbocycles. The summed E-state index contributed by atoms with van der Waals surface area (Å²) < 4.78 is 13.2. The van der Waals surface area contributed by atoms with Crippen LogP contribution in [0.3, 0.4) is 0 Å². The van der Waals surface area contributed by atoms with Crippen LogP contribution in [0.2, 0.25) is 0 Å². The van der Waals surface area contributed by atoms with Crippen molar-refractivity contribution in [2.24, 2.45) is 5.10 Å². The highest BCUT2D eigenvalue weighted by Crippen LogP contribution is 2.29. The Morgan fingerprint density at radius 3 is 2.50 bits per heavy atom. The van der Waals surface area contributed by atoms with Gasteiger partial charge in [-0.1, -0.05) is 0 Å². The minimum Gasteiger partial charge on any atom is -0.507 e. The van der Waals surface area contributed by atoms with Gasteiger partial charge >= 0.3 is 5.69 Å². The van der Waals surface area contributed by atoms with E-state index in [9.17, 15) is 29.7 Å². The molecule has 2 aromatic carbocycles. The smallest absolute Gasteiger partial charge is 0.301 e. The predicted molar refractivity (Wildman–Crippen MR) is 83.6 cm³/mol. The molecule has 0 aliphatic heterocycles. The highest BCUT2D eigenvalue weighted by Gasteiger charge is 2.19. The van der Waals surface area contributed by atoms with Gasteiger partial charge in [-0.2, -0.15) is 5.10 Å². The van der Waals surface area contributed by atoms with Gasteiger partial charge in [0.1, 0.15) is 17.3 Å². The first-order valence-electron chi connectivity index (χ1n) is 6.51. The lowest BCUT2D eigenvalue weighted by Gasteiger charge is -2.06. The zero-order valence-corrected chi connectivity index (χ0v) is 12.3. The standard InChI is InChI=1S/C14H11FN4O5/c1-8(11-6-9(15)2-5-14(11)20)16-17-12-4-3-10(18(21)22)7-13(12)19(23)24/h2-7,17,20H,1H3/b16-8+. The largest absolute Gasteiger partial charge is 0.507 e. The quantitative estimate of drug-likeness (QED) is 0.490. The van der Waals surface area contributed by atoms with Gasteiger partial charge in [-0.15, -0.1) is 0 Å². The fourth-order valence-corrected chi connectivity index (χ4v) is 1.88. The van der Waals surface area contributed by atoms with Gasteiger partial charge in [0, 0.05) is 11.6 Å². The fourth-order valence-electron chi connectivity index (χ4n) is 1.88. The Morgan fingerprint density at radius 2 is 1.88 bits per heavy atom. The molecule has 0 atom stereocenters. The first kappa shape index (κ1) is 16.8. The Kier molecular flexibility index (Phi) is 4.68. The first-order chi connectivity index (χ1) is 11.3. The van der Waals surface area contributed by atoms with E-state index in [1.54, 1.807) is 0 Å². The highest BCUT2D eigenvalue weighted by molar-refractivity contribution is 6.01. The summed E-state index contributed by atoms with van der Waals surface area (Å²) in [5, 5.41) is 35.2. The number of non-ortho nitro benzene ring substituents is 1. The number of nitrogens with one attached hydrogen (secondary N) is 1. The Hall–Kier alpha value is -3.56. The number of hydrazone groups is 1. The van der Waals surface area contributed by atoms with E-state index in [0.29, 0.717) is 0 Å². The van der Waals surface area contributed by atoms with Crippen molar-refractivity contribution in [2.75, 3.05) is 5.43 Å². The molecule has 0 bridgehead atoms. The summed E-state index contributed by atoms with van der Waals surface area (Å²) in [5.41, 5.74) is 1.61. The van der Waals surface area contributed by atoms with Crippen molar-refractivity contribution < 1.29 is 19.3 Å². The molecule has 0 amide bonds. The van der Waals surface area contributed by atoms with Crippen LogP contribution in [0.1, 0.15) is 12.5 Å². The number of nitrogens with zero attached hydrogens (tertiary/aromatic N) is 3. The third-order valence-corrected chi connectivity index (χ3v) is 3.08. The molecule has 0 aliphatic carbocycles. The van der Waals surface area contributed by atoms with Crippen molar-refractivity contribution in [3.63, 3.8) is 0 Å². The second-order valence-corrected chi connectivity index (χ2v) is 4.69. The minimum atomic E-state index is -0.792. The topological polar surface area (TPSA) is 131 Å². The Balaban J connectivity index is 2.35. The second kappa shape index (κ2) is 6.69. The number of halogens is 1. The van der Waals surface area contributed by atoms with Gasteiger partial charge in [0.15, 0.2) is 0 Å². The fraction of sp³-hybridized carbons (Fsp3) is 0.0714. The van der Waals surface area contributed by atoms with Crippen molar-refractivity contribution in [1.82, 2.24) is 0 Å². The maximum absolute atomic E-state index is 13.2. The molecule has 2 N–H and O–H groups in total. The molecule has 0 radical (unpaired) electrons. The molecule has 24 heavy (non-hydrogen) atoms. The summed E-state index contributed by atoms with van der Waals surface area (Å²) >= 11 is 0. The molecule has 0 aliphatic rings.